The van der Waals surface area contributed by atoms with Gasteiger partial charge in [0.1, 0.15) is 5.75 Å². The Morgan fingerprint density at radius 2 is 1.66 bits per heavy atom. The van der Waals surface area contributed by atoms with Gasteiger partial charge in [-0.3, -0.25) is 19.7 Å². The van der Waals surface area contributed by atoms with Gasteiger partial charge in [0.15, 0.2) is 6.61 Å². The molecular formula is C25H27N3O6S. The van der Waals surface area contributed by atoms with Crippen LogP contribution in [-0.4, -0.2) is 62.0 Å². The van der Waals surface area contributed by atoms with Crippen molar-refractivity contribution in [3.05, 3.63) is 83.2 Å². The predicted octanol–water partition coefficient (Wildman–Crippen LogP) is 2.77. The molecule has 1 aliphatic rings. The lowest BCUT2D eigenvalue weighted by molar-refractivity contribution is 0.0730. The number of benzene rings is 2. The third-order valence-corrected chi connectivity index (χ3v) is 7.70. The Morgan fingerprint density at radius 1 is 1.00 bits per heavy atom. The van der Waals surface area contributed by atoms with Crippen LogP contribution in [0.2, 0.25) is 0 Å². The number of hydrogen-bond acceptors (Lipinski definition) is 6. The average Bonchev–Trinajstić information content (AvgIpc) is 3.17. The van der Waals surface area contributed by atoms with Crippen molar-refractivity contribution in [3.8, 4) is 5.75 Å². The van der Waals surface area contributed by atoms with E-state index >= 15 is 0 Å². The van der Waals surface area contributed by atoms with Crippen LogP contribution in [0, 0.1) is 13.8 Å². The molecule has 4 rings (SSSR count). The lowest BCUT2D eigenvalue weighted by Gasteiger charge is -2.26. The van der Waals surface area contributed by atoms with E-state index < -0.39 is 10.0 Å². The highest BCUT2D eigenvalue weighted by molar-refractivity contribution is 7.89. The summed E-state index contributed by atoms with van der Waals surface area (Å²) in [7, 11) is -3.60. The molecule has 1 aliphatic heterocycles. The van der Waals surface area contributed by atoms with Gasteiger partial charge in [-0.05, 0) is 56.3 Å². The zero-order valence-corrected chi connectivity index (χ0v) is 20.4. The molecule has 0 atom stereocenters. The molecule has 0 aliphatic carbocycles. The van der Waals surface area contributed by atoms with Gasteiger partial charge in [-0.15, -0.1) is 0 Å². The zero-order valence-electron chi connectivity index (χ0n) is 19.6. The number of rotatable bonds is 8. The maximum Gasteiger partial charge on any atom is 0.270 e. The molecule has 184 valence electrons. The van der Waals surface area contributed by atoms with Crippen molar-refractivity contribution in [1.82, 2.24) is 8.98 Å². The maximum atomic E-state index is 12.8. The van der Waals surface area contributed by atoms with E-state index in [2.05, 4.69) is 5.43 Å². The molecular weight excluding hydrogens is 470 g/mol. The third kappa shape index (κ3) is 5.45. The van der Waals surface area contributed by atoms with E-state index in [9.17, 15) is 18.0 Å². The van der Waals surface area contributed by atoms with Crippen LogP contribution >= 0.6 is 0 Å². The van der Waals surface area contributed by atoms with Crippen LogP contribution in [0.4, 0.5) is 0 Å². The van der Waals surface area contributed by atoms with Gasteiger partial charge in [0, 0.05) is 35.6 Å². The second kappa shape index (κ2) is 10.4. The molecule has 9 nitrogen and oxygen atoms in total. The highest BCUT2D eigenvalue weighted by atomic mass is 32.2. The molecule has 0 saturated carbocycles. The Hall–Kier alpha value is -3.47. The lowest BCUT2D eigenvalue weighted by Crippen LogP contribution is -2.40. The van der Waals surface area contributed by atoms with E-state index in [1.54, 1.807) is 48.9 Å². The summed E-state index contributed by atoms with van der Waals surface area (Å²) in [6.07, 6.45) is 0. The predicted molar refractivity (Wildman–Crippen MR) is 130 cm³/mol. The number of ketones is 1. The molecule has 0 unspecified atom stereocenters. The van der Waals surface area contributed by atoms with Crippen LogP contribution in [0.25, 0.3) is 0 Å². The molecule has 1 N–H and O–H groups in total. The van der Waals surface area contributed by atoms with Crippen LogP contribution in [0.5, 0.6) is 5.75 Å². The zero-order chi connectivity index (χ0) is 25.0. The molecule has 10 heteroatoms. The number of amides is 1. The number of aryl methyl sites for hydroxylation is 1. The minimum Gasteiger partial charge on any atom is -0.485 e. The summed E-state index contributed by atoms with van der Waals surface area (Å²) in [6, 6.07) is 16.5. The van der Waals surface area contributed by atoms with Gasteiger partial charge in [0.05, 0.1) is 18.1 Å². The molecule has 0 bridgehead atoms. The number of carbonyl (C=O) groups is 2. The van der Waals surface area contributed by atoms with Crippen molar-refractivity contribution in [1.29, 1.82) is 0 Å². The first-order valence-corrected chi connectivity index (χ1v) is 12.6. The normalized spacial score (nSPS) is 14.5. The Morgan fingerprint density at radius 3 is 2.31 bits per heavy atom. The summed E-state index contributed by atoms with van der Waals surface area (Å²) in [5, 5.41) is 0. The molecule has 1 aromatic heterocycles. The average molecular weight is 498 g/mol. The lowest BCUT2D eigenvalue weighted by atomic mass is 10.1. The fourth-order valence-corrected chi connectivity index (χ4v) is 5.25. The van der Waals surface area contributed by atoms with Crippen molar-refractivity contribution in [3.63, 3.8) is 0 Å². The van der Waals surface area contributed by atoms with E-state index in [-0.39, 0.29) is 23.2 Å². The van der Waals surface area contributed by atoms with Gasteiger partial charge >= 0.3 is 0 Å². The fourth-order valence-electron chi connectivity index (χ4n) is 3.84. The molecule has 35 heavy (non-hydrogen) atoms. The smallest absolute Gasteiger partial charge is 0.270 e. The molecule has 3 aromatic rings. The van der Waals surface area contributed by atoms with Crippen LogP contribution in [-0.2, 0) is 14.8 Å². The minimum absolute atomic E-state index is 0.163. The molecule has 2 aromatic carbocycles. The summed E-state index contributed by atoms with van der Waals surface area (Å²) < 4.78 is 39.3. The number of aromatic nitrogens is 1. The van der Waals surface area contributed by atoms with Crippen molar-refractivity contribution in [2.75, 3.05) is 38.3 Å². The van der Waals surface area contributed by atoms with Crippen molar-refractivity contribution in [2.24, 2.45) is 0 Å². The van der Waals surface area contributed by atoms with Crippen LogP contribution in [0.3, 0.4) is 0 Å². The first-order valence-electron chi connectivity index (χ1n) is 11.2. The topological polar surface area (TPSA) is 107 Å². The van der Waals surface area contributed by atoms with Crippen molar-refractivity contribution < 1.29 is 27.5 Å². The number of hydrogen-bond donors (Lipinski definition) is 1. The quantitative estimate of drug-likeness (QED) is 0.480. The summed E-state index contributed by atoms with van der Waals surface area (Å²) in [6.45, 7) is 4.70. The minimum atomic E-state index is -3.60. The number of ether oxygens (including phenoxy) is 2. The summed E-state index contributed by atoms with van der Waals surface area (Å²) in [5.41, 5.74) is 5.04. The van der Waals surface area contributed by atoms with E-state index in [0.717, 1.165) is 0 Å². The van der Waals surface area contributed by atoms with E-state index in [0.29, 0.717) is 54.6 Å². The number of morpholine rings is 1. The number of sulfonamides is 1. The second-order valence-corrected chi connectivity index (χ2v) is 10.1. The SMILES string of the molecule is Cc1cc(C(=O)COc2ccc(S(=O)(=O)N3CCOCC3)cc2)c(C)n1NC(=O)c1ccccc1. The molecule has 1 amide bonds. The van der Waals surface area contributed by atoms with Gasteiger partial charge in [-0.1, -0.05) is 18.2 Å². The summed E-state index contributed by atoms with van der Waals surface area (Å²) in [4.78, 5) is 25.5. The summed E-state index contributed by atoms with van der Waals surface area (Å²) >= 11 is 0. The highest BCUT2D eigenvalue weighted by Crippen LogP contribution is 2.21. The molecule has 0 spiro atoms. The van der Waals surface area contributed by atoms with Crippen molar-refractivity contribution in [2.45, 2.75) is 18.7 Å². The molecule has 1 fully saturated rings. The van der Waals surface area contributed by atoms with Gasteiger partial charge in [0.25, 0.3) is 5.91 Å². The maximum absolute atomic E-state index is 12.8. The Kier molecular flexibility index (Phi) is 7.34. The highest BCUT2D eigenvalue weighted by Gasteiger charge is 2.26. The molecule has 1 saturated heterocycles. The number of Topliss-reactive ketones (excluding diaryl/α,β-unsaturated/α-hetero) is 1. The Balaban J connectivity index is 1.40. The monoisotopic (exact) mass is 497 g/mol. The van der Waals surface area contributed by atoms with Gasteiger partial charge in [0.2, 0.25) is 15.8 Å². The summed E-state index contributed by atoms with van der Waals surface area (Å²) in [5.74, 6) is -0.163. The van der Waals surface area contributed by atoms with Crippen molar-refractivity contribution >= 4 is 21.7 Å². The van der Waals surface area contributed by atoms with Crippen LogP contribution in [0.15, 0.2) is 65.6 Å². The van der Waals surface area contributed by atoms with Gasteiger partial charge in [-0.2, -0.15) is 4.31 Å². The second-order valence-electron chi connectivity index (χ2n) is 8.13. The van der Waals surface area contributed by atoms with E-state index in [4.69, 9.17) is 9.47 Å². The number of nitrogens with zero attached hydrogens (tertiary/aromatic N) is 2. The Bertz CT molecular complexity index is 1310. The molecule has 0 radical (unpaired) electrons. The number of nitrogens with one attached hydrogen (secondary N) is 1. The number of carbonyl (C=O) groups excluding carboxylic acids is 2. The Labute approximate surface area is 204 Å². The van der Waals surface area contributed by atoms with E-state index in [1.807, 2.05) is 6.07 Å². The van der Waals surface area contributed by atoms with E-state index in [1.165, 1.54) is 28.6 Å². The van der Waals surface area contributed by atoms with Gasteiger partial charge in [-0.25, -0.2) is 8.42 Å². The molecule has 2 heterocycles. The standard InChI is InChI=1S/C25H27N3O6S/c1-18-16-23(19(2)28(18)26-25(30)20-6-4-3-5-7-20)24(29)17-34-21-8-10-22(11-9-21)35(31,32)27-12-14-33-15-13-27/h3-11,16H,12-15,17H2,1-2H3,(H,26,30). The van der Waals surface area contributed by atoms with Crippen LogP contribution < -0.4 is 10.2 Å². The largest absolute Gasteiger partial charge is 0.485 e. The first kappa shape index (κ1) is 24.6. The fraction of sp³-hybridized carbons (Fsp3) is 0.280. The van der Waals surface area contributed by atoms with Gasteiger partial charge < -0.3 is 9.47 Å². The third-order valence-electron chi connectivity index (χ3n) is 5.78. The first-order chi connectivity index (χ1) is 16.8. The van der Waals surface area contributed by atoms with Crippen LogP contribution in [0.1, 0.15) is 32.1 Å².